The van der Waals surface area contributed by atoms with Crippen LogP contribution in [0.5, 0.6) is 0 Å². The molecule has 0 bridgehead atoms. The maximum absolute atomic E-state index is 11.9. The Bertz CT molecular complexity index is 170. The fourth-order valence-electron chi connectivity index (χ4n) is 1.15. The summed E-state index contributed by atoms with van der Waals surface area (Å²) in [4.78, 5) is 19.9. The van der Waals surface area contributed by atoms with Crippen molar-refractivity contribution in [3.63, 3.8) is 0 Å². The molecule has 0 heterocycles. The molecule has 6 heteroatoms. The molecule has 2 nitrogen and oxygen atoms in total. The second-order valence-electron chi connectivity index (χ2n) is 2.96. The lowest BCUT2D eigenvalue weighted by Crippen LogP contribution is -2.20. The average Bonchev–Trinajstić information content (AvgIpc) is 1.98. The number of aldehydes is 2. The first-order valence-corrected chi connectivity index (χ1v) is 4.08. The Morgan fingerprint density at radius 1 is 1.15 bits per heavy atom. The van der Waals surface area contributed by atoms with E-state index in [0.717, 1.165) is 0 Å². The van der Waals surface area contributed by atoms with Crippen LogP contribution in [-0.4, -0.2) is 19.5 Å². The van der Waals surface area contributed by atoms with Crippen LogP contribution in [0.25, 0.3) is 0 Å². The highest BCUT2D eigenvalue weighted by Gasteiger charge is 2.26. The first kappa shape index (κ1) is 12.2. The Morgan fingerprint density at radius 2 is 1.77 bits per heavy atom. The van der Waals surface area contributed by atoms with Crippen LogP contribution in [0.1, 0.15) is 19.3 Å². The quantitative estimate of drug-likeness (QED) is 0.459. The third kappa shape index (κ3) is 7.55. The van der Waals surface area contributed by atoms with E-state index in [0.29, 0.717) is 12.6 Å². The van der Waals surface area contributed by atoms with Crippen LogP contribution >= 0.6 is 0 Å². The monoisotopic (exact) mass is 195 g/mol. The van der Waals surface area contributed by atoms with Crippen LogP contribution in [0.4, 0.5) is 12.9 Å². The van der Waals surface area contributed by atoms with Crippen LogP contribution in [0.2, 0.25) is 6.32 Å². The molecule has 0 aliphatic carbocycles. The third-order valence-electron chi connectivity index (χ3n) is 1.72. The SMILES string of the molecule is O=CCCC(CC=O)C[B-](F)(F)F. The van der Waals surface area contributed by atoms with Crippen molar-refractivity contribution < 1.29 is 22.5 Å². The molecule has 0 spiro atoms. The summed E-state index contributed by atoms with van der Waals surface area (Å²) in [5.41, 5.74) is 0. The van der Waals surface area contributed by atoms with Gasteiger partial charge in [-0.25, -0.2) is 0 Å². The van der Waals surface area contributed by atoms with E-state index in [1.165, 1.54) is 0 Å². The van der Waals surface area contributed by atoms with E-state index in [9.17, 15) is 22.5 Å². The highest BCUT2D eigenvalue weighted by atomic mass is 19.4. The van der Waals surface area contributed by atoms with E-state index in [4.69, 9.17) is 0 Å². The molecule has 0 amide bonds. The van der Waals surface area contributed by atoms with Crippen molar-refractivity contribution in [2.45, 2.75) is 25.6 Å². The summed E-state index contributed by atoms with van der Waals surface area (Å²) >= 11 is 0. The largest absolute Gasteiger partial charge is 0.478 e. The molecule has 0 fully saturated rings. The maximum atomic E-state index is 11.9. The molecule has 0 saturated carbocycles. The van der Waals surface area contributed by atoms with Crippen molar-refractivity contribution >= 4 is 19.5 Å². The molecule has 0 rings (SSSR count). The number of halogens is 3. The average molecular weight is 195 g/mol. The summed E-state index contributed by atoms with van der Waals surface area (Å²) < 4.78 is 35.7. The Hall–Kier alpha value is -0.805. The lowest BCUT2D eigenvalue weighted by molar-refractivity contribution is -0.110. The van der Waals surface area contributed by atoms with Crippen LogP contribution in [0.15, 0.2) is 0 Å². The molecule has 1 atom stereocenters. The summed E-state index contributed by atoms with van der Waals surface area (Å²) in [6.07, 6.45) is 0.230. The summed E-state index contributed by atoms with van der Waals surface area (Å²) in [6, 6.07) is 0. The molecule has 0 N–H and O–H groups in total. The predicted octanol–water partition coefficient (Wildman–Crippen LogP) is 2.02. The van der Waals surface area contributed by atoms with Crippen molar-refractivity contribution in [2.75, 3.05) is 0 Å². The van der Waals surface area contributed by atoms with Gasteiger partial charge in [0.2, 0.25) is 0 Å². The number of rotatable bonds is 7. The Labute approximate surface area is 74.6 Å². The summed E-state index contributed by atoms with van der Waals surface area (Å²) in [5.74, 6) is -0.720. The van der Waals surface area contributed by atoms with E-state index in [1.807, 2.05) is 0 Å². The van der Waals surface area contributed by atoms with Crippen LogP contribution in [0.3, 0.4) is 0 Å². The molecule has 0 aliphatic rings. The standard InChI is InChI=1S/C7H11BF3O2/c9-8(10,11)6-7(3-5-13)2-1-4-12/h4-5,7H,1-3,6H2/q-1. The van der Waals surface area contributed by atoms with E-state index in [-0.39, 0.29) is 19.3 Å². The van der Waals surface area contributed by atoms with Gasteiger partial charge < -0.3 is 22.5 Å². The molecule has 13 heavy (non-hydrogen) atoms. The molecule has 0 aromatic carbocycles. The topological polar surface area (TPSA) is 34.1 Å². The van der Waals surface area contributed by atoms with Gasteiger partial charge in [-0.15, -0.1) is 0 Å². The second kappa shape index (κ2) is 5.77. The van der Waals surface area contributed by atoms with Crippen molar-refractivity contribution in [1.29, 1.82) is 0 Å². The fourth-order valence-corrected chi connectivity index (χ4v) is 1.15. The zero-order valence-corrected chi connectivity index (χ0v) is 7.09. The number of hydrogen-bond acceptors (Lipinski definition) is 2. The molecule has 76 valence electrons. The summed E-state index contributed by atoms with van der Waals surface area (Å²) in [7, 11) is 0. The number of carbonyl (C=O) groups excluding carboxylic acids is 2. The van der Waals surface area contributed by atoms with Gasteiger partial charge in [-0.1, -0.05) is 12.2 Å². The van der Waals surface area contributed by atoms with Crippen molar-refractivity contribution in [2.24, 2.45) is 5.92 Å². The lowest BCUT2D eigenvalue weighted by atomic mass is 9.75. The third-order valence-corrected chi connectivity index (χ3v) is 1.72. The molecule has 0 aliphatic heterocycles. The molecular formula is C7H11BF3O2-. The zero-order chi connectivity index (χ0) is 10.3. The highest BCUT2D eigenvalue weighted by molar-refractivity contribution is 6.58. The van der Waals surface area contributed by atoms with Crippen molar-refractivity contribution in [3.8, 4) is 0 Å². The summed E-state index contributed by atoms with van der Waals surface area (Å²) in [5, 5.41) is 0. The van der Waals surface area contributed by atoms with Gasteiger partial charge in [-0.05, 0) is 6.42 Å². The Balaban J connectivity index is 3.92. The normalized spacial score (nSPS) is 13.8. The molecule has 0 radical (unpaired) electrons. The van der Waals surface area contributed by atoms with Gasteiger partial charge in [0.1, 0.15) is 12.6 Å². The minimum atomic E-state index is -4.85. The van der Waals surface area contributed by atoms with E-state index in [2.05, 4.69) is 0 Å². The molecular weight excluding hydrogens is 184 g/mol. The van der Waals surface area contributed by atoms with Gasteiger partial charge in [-0.3, -0.25) is 0 Å². The molecule has 0 aromatic rings. The highest BCUT2D eigenvalue weighted by Crippen LogP contribution is 2.25. The zero-order valence-electron chi connectivity index (χ0n) is 7.09. The Kier molecular flexibility index (Phi) is 5.42. The lowest BCUT2D eigenvalue weighted by Gasteiger charge is -2.20. The second-order valence-corrected chi connectivity index (χ2v) is 2.96. The van der Waals surface area contributed by atoms with E-state index >= 15 is 0 Å². The first-order chi connectivity index (χ1) is 5.99. The van der Waals surface area contributed by atoms with E-state index in [1.54, 1.807) is 0 Å². The number of hydrogen-bond donors (Lipinski definition) is 0. The van der Waals surface area contributed by atoms with Gasteiger partial charge in [0.05, 0.1) is 0 Å². The van der Waals surface area contributed by atoms with Gasteiger partial charge in [0, 0.05) is 12.8 Å². The summed E-state index contributed by atoms with van der Waals surface area (Å²) in [6.45, 7) is -4.85. The van der Waals surface area contributed by atoms with Crippen LogP contribution < -0.4 is 0 Å². The Morgan fingerprint density at radius 3 is 2.15 bits per heavy atom. The van der Waals surface area contributed by atoms with Gasteiger partial charge in [0.25, 0.3) is 0 Å². The minimum absolute atomic E-state index is 0.0880. The predicted molar refractivity (Wildman–Crippen MR) is 43.4 cm³/mol. The van der Waals surface area contributed by atoms with Gasteiger partial charge in [0.15, 0.2) is 0 Å². The van der Waals surface area contributed by atoms with Gasteiger partial charge in [-0.2, -0.15) is 0 Å². The smallest absolute Gasteiger partial charge is 0.449 e. The van der Waals surface area contributed by atoms with Crippen molar-refractivity contribution in [3.05, 3.63) is 0 Å². The fraction of sp³-hybridized carbons (Fsp3) is 0.714. The van der Waals surface area contributed by atoms with Gasteiger partial charge >= 0.3 is 6.98 Å². The van der Waals surface area contributed by atoms with Crippen LogP contribution in [-0.2, 0) is 9.59 Å². The van der Waals surface area contributed by atoms with Crippen LogP contribution in [0, 0.1) is 5.92 Å². The molecule has 0 saturated heterocycles. The number of carbonyl (C=O) groups is 2. The maximum Gasteiger partial charge on any atom is 0.478 e. The van der Waals surface area contributed by atoms with E-state index < -0.39 is 19.2 Å². The molecule has 1 unspecified atom stereocenters. The first-order valence-electron chi connectivity index (χ1n) is 4.08. The van der Waals surface area contributed by atoms with Crippen molar-refractivity contribution in [1.82, 2.24) is 0 Å². The minimum Gasteiger partial charge on any atom is -0.449 e. The molecule has 0 aromatic heterocycles.